The molecule has 0 bridgehead atoms. The van der Waals surface area contributed by atoms with Crippen molar-refractivity contribution in [3.05, 3.63) is 57.7 Å². The molecule has 0 aliphatic carbocycles. The number of methoxy groups -OCH3 is 1. The largest absolute Gasteiger partial charge is 0.495 e. The molecular weight excluding hydrogens is 385 g/mol. The van der Waals surface area contributed by atoms with E-state index >= 15 is 0 Å². The number of halogens is 3. The lowest BCUT2D eigenvalue weighted by Crippen LogP contribution is -2.03. The molecule has 0 atom stereocenters. The average Bonchev–Trinajstić information content (AvgIpc) is 2.59. The fourth-order valence-corrected chi connectivity index (χ4v) is 2.78. The second-order valence-corrected chi connectivity index (χ2v) is 6.08. The summed E-state index contributed by atoms with van der Waals surface area (Å²) in [6.45, 7) is 0. The molecule has 2 aromatic carbocycles. The molecule has 1 aromatic heterocycles. The van der Waals surface area contributed by atoms with E-state index in [4.69, 9.17) is 39.5 Å². The Morgan fingerprint density at radius 1 is 0.960 bits per heavy atom. The lowest BCUT2D eigenvalue weighted by molar-refractivity contribution is 0.415. The van der Waals surface area contributed by atoms with Gasteiger partial charge in [0.1, 0.15) is 5.75 Å². The average molecular weight is 397 g/mol. The van der Waals surface area contributed by atoms with Crippen LogP contribution in [0.1, 0.15) is 0 Å². The molecule has 0 spiro atoms. The minimum atomic E-state index is 0.286. The van der Waals surface area contributed by atoms with Crippen LogP contribution in [0.15, 0.2) is 42.6 Å². The maximum atomic E-state index is 6.14. The van der Waals surface area contributed by atoms with E-state index < -0.39 is 0 Å². The minimum absolute atomic E-state index is 0.286. The Balaban J connectivity index is 1.81. The second kappa shape index (κ2) is 7.74. The molecule has 9 heteroatoms. The molecule has 0 fully saturated rings. The van der Waals surface area contributed by atoms with Crippen molar-refractivity contribution in [2.45, 2.75) is 0 Å². The summed E-state index contributed by atoms with van der Waals surface area (Å²) in [4.78, 5) is 4.33. The van der Waals surface area contributed by atoms with Gasteiger partial charge >= 0.3 is 0 Å². The summed E-state index contributed by atoms with van der Waals surface area (Å²) in [5.74, 6) is 1.30. The van der Waals surface area contributed by atoms with Crippen molar-refractivity contribution in [2.75, 3.05) is 17.7 Å². The first kappa shape index (κ1) is 17.5. The van der Waals surface area contributed by atoms with Gasteiger partial charge in [0.25, 0.3) is 0 Å². The molecule has 0 radical (unpaired) electrons. The van der Waals surface area contributed by atoms with E-state index in [-0.39, 0.29) is 5.95 Å². The van der Waals surface area contributed by atoms with Crippen LogP contribution in [0, 0.1) is 0 Å². The van der Waals surface area contributed by atoms with Gasteiger partial charge in [-0.2, -0.15) is 10.1 Å². The summed E-state index contributed by atoms with van der Waals surface area (Å²) in [7, 11) is 1.55. The standard InChI is InChI=1S/C16H12Cl3N5O/c1-25-13-6-5-9(7-12(13)19)21-16-23-14(8-20-24-16)22-15-10(17)3-2-4-11(15)18/h2-8H,1H3,(H2,21,22,23,24). The first-order chi connectivity index (χ1) is 12.1. The predicted molar refractivity (Wildman–Crippen MR) is 101 cm³/mol. The quantitative estimate of drug-likeness (QED) is 0.607. The van der Waals surface area contributed by atoms with Crippen LogP contribution in [0.4, 0.5) is 23.1 Å². The summed E-state index contributed by atoms with van der Waals surface area (Å²) < 4.78 is 5.12. The highest BCUT2D eigenvalue weighted by Gasteiger charge is 2.09. The Morgan fingerprint density at radius 3 is 2.40 bits per heavy atom. The maximum absolute atomic E-state index is 6.14. The molecule has 1 heterocycles. The maximum Gasteiger partial charge on any atom is 0.249 e. The third-order valence-electron chi connectivity index (χ3n) is 3.18. The lowest BCUT2D eigenvalue weighted by atomic mass is 10.3. The number of nitrogens with zero attached hydrogens (tertiary/aromatic N) is 3. The molecule has 0 saturated heterocycles. The van der Waals surface area contributed by atoms with Gasteiger partial charge in [0.2, 0.25) is 5.95 Å². The number of para-hydroxylation sites is 1. The number of anilines is 4. The Morgan fingerprint density at radius 2 is 1.72 bits per heavy atom. The van der Waals surface area contributed by atoms with Gasteiger partial charge in [-0.3, -0.25) is 0 Å². The van der Waals surface area contributed by atoms with Crippen LogP contribution in [0.25, 0.3) is 0 Å². The van der Waals surface area contributed by atoms with E-state index in [1.165, 1.54) is 6.20 Å². The number of hydrogen-bond acceptors (Lipinski definition) is 6. The van der Waals surface area contributed by atoms with Crippen LogP contribution >= 0.6 is 34.8 Å². The van der Waals surface area contributed by atoms with E-state index in [0.717, 1.165) is 0 Å². The van der Waals surface area contributed by atoms with Gasteiger partial charge in [-0.1, -0.05) is 40.9 Å². The second-order valence-electron chi connectivity index (χ2n) is 4.86. The van der Waals surface area contributed by atoms with E-state index in [2.05, 4.69) is 25.8 Å². The third kappa shape index (κ3) is 4.22. The topological polar surface area (TPSA) is 72.0 Å². The third-order valence-corrected chi connectivity index (χ3v) is 4.11. The number of ether oxygens (including phenoxy) is 1. The van der Waals surface area contributed by atoms with Crippen molar-refractivity contribution in [3.63, 3.8) is 0 Å². The summed E-state index contributed by atoms with van der Waals surface area (Å²) in [6, 6.07) is 10.4. The van der Waals surface area contributed by atoms with Crippen molar-refractivity contribution in [1.82, 2.24) is 15.2 Å². The number of aromatic nitrogens is 3. The van der Waals surface area contributed by atoms with Crippen molar-refractivity contribution < 1.29 is 4.74 Å². The van der Waals surface area contributed by atoms with Gasteiger partial charge in [0.05, 0.1) is 34.1 Å². The molecule has 3 rings (SSSR count). The Kier molecular flexibility index (Phi) is 5.43. The molecule has 25 heavy (non-hydrogen) atoms. The van der Waals surface area contributed by atoms with Gasteiger partial charge in [0.15, 0.2) is 5.82 Å². The van der Waals surface area contributed by atoms with Crippen molar-refractivity contribution in [1.29, 1.82) is 0 Å². The van der Waals surface area contributed by atoms with Crippen molar-refractivity contribution in [3.8, 4) is 5.75 Å². The summed E-state index contributed by atoms with van der Waals surface area (Å²) >= 11 is 18.4. The molecule has 6 nitrogen and oxygen atoms in total. The fraction of sp³-hybridized carbons (Fsp3) is 0.0625. The molecule has 0 aliphatic heterocycles. The summed E-state index contributed by atoms with van der Waals surface area (Å²) in [5.41, 5.74) is 1.24. The molecular formula is C16H12Cl3N5O. The van der Waals surface area contributed by atoms with Gasteiger partial charge in [0, 0.05) is 5.69 Å². The highest BCUT2D eigenvalue weighted by Crippen LogP contribution is 2.32. The van der Waals surface area contributed by atoms with E-state index in [1.807, 2.05) is 0 Å². The first-order valence-corrected chi connectivity index (χ1v) is 8.21. The van der Waals surface area contributed by atoms with Crippen LogP contribution in [-0.2, 0) is 0 Å². The van der Waals surface area contributed by atoms with E-state index in [0.29, 0.717) is 38.0 Å². The molecule has 3 aromatic rings. The Bertz CT molecular complexity index is 886. The van der Waals surface area contributed by atoms with E-state index in [1.54, 1.807) is 43.5 Å². The monoisotopic (exact) mass is 395 g/mol. The fourth-order valence-electron chi connectivity index (χ4n) is 2.04. The molecule has 0 aliphatic rings. The number of rotatable bonds is 5. The predicted octanol–water partition coefficient (Wildman–Crippen LogP) is 5.33. The Hall–Kier alpha value is -2.28. The van der Waals surface area contributed by atoms with E-state index in [9.17, 15) is 0 Å². The first-order valence-electron chi connectivity index (χ1n) is 7.08. The van der Waals surface area contributed by atoms with Crippen molar-refractivity contribution in [2.24, 2.45) is 0 Å². The van der Waals surface area contributed by atoms with Gasteiger partial charge < -0.3 is 15.4 Å². The van der Waals surface area contributed by atoms with Gasteiger partial charge in [-0.05, 0) is 30.3 Å². The van der Waals surface area contributed by atoms with Crippen LogP contribution in [0.5, 0.6) is 5.75 Å². The summed E-state index contributed by atoms with van der Waals surface area (Å²) in [6.07, 6.45) is 1.46. The molecule has 0 unspecified atom stereocenters. The highest BCUT2D eigenvalue weighted by atomic mass is 35.5. The highest BCUT2D eigenvalue weighted by molar-refractivity contribution is 6.39. The number of hydrogen-bond donors (Lipinski definition) is 2. The zero-order chi connectivity index (χ0) is 17.8. The zero-order valence-corrected chi connectivity index (χ0v) is 15.2. The zero-order valence-electron chi connectivity index (χ0n) is 12.9. The van der Waals surface area contributed by atoms with Gasteiger partial charge in [-0.25, -0.2) is 0 Å². The lowest BCUT2D eigenvalue weighted by Gasteiger charge is -2.11. The van der Waals surface area contributed by atoms with Crippen molar-refractivity contribution >= 4 is 57.9 Å². The molecule has 0 amide bonds. The van der Waals surface area contributed by atoms with Crippen LogP contribution in [0.2, 0.25) is 15.1 Å². The van der Waals surface area contributed by atoms with Crippen LogP contribution < -0.4 is 15.4 Å². The smallest absolute Gasteiger partial charge is 0.249 e. The molecule has 128 valence electrons. The summed E-state index contributed by atoms with van der Waals surface area (Å²) in [5, 5.41) is 15.3. The normalized spacial score (nSPS) is 10.4. The number of benzene rings is 2. The van der Waals surface area contributed by atoms with Crippen LogP contribution in [0.3, 0.4) is 0 Å². The number of nitrogens with one attached hydrogen (secondary N) is 2. The SMILES string of the molecule is COc1ccc(Nc2nncc(Nc3c(Cl)cccc3Cl)n2)cc1Cl. The van der Waals surface area contributed by atoms with Crippen LogP contribution in [-0.4, -0.2) is 22.3 Å². The van der Waals surface area contributed by atoms with Gasteiger partial charge in [-0.15, -0.1) is 5.10 Å². The molecule has 0 saturated carbocycles. The minimum Gasteiger partial charge on any atom is -0.495 e. The molecule has 2 N–H and O–H groups in total. The Labute approximate surface area is 159 Å².